The zero-order valence-electron chi connectivity index (χ0n) is 13.1. The molecule has 0 aliphatic carbocycles. The largest absolute Gasteiger partial charge is 0.397 e. The standard InChI is InChI=1S/C18H22N2O/c1-18(2,3)14-11-9-13(10-12-14)17(21)20(4)16-8-6-5-7-15(16)19/h5-12H,19H2,1-4H3. The van der Waals surface area contributed by atoms with Crippen LogP contribution >= 0.6 is 0 Å². The van der Waals surface area contributed by atoms with E-state index in [1.54, 1.807) is 18.0 Å². The molecule has 0 unspecified atom stereocenters. The molecule has 0 saturated heterocycles. The Kier molecular flexibility index (Phi) is 4.03. The van der Waals surface area contributed by atoms with Gasteiger partial charge in [0.05, 0.1) is 11.4 Å². The molecule has 0 bridgehead atoms. The van der Waals surface area contributed by atoms with Gasteiger partial charge in [0.2, 0.25) is 0 Å². The van der Waals surface area contributed by atoms with Gasteiger partial charge >= 0.3 is 0 Å². The predicted molar refractivity (Wildman–Crippen MR) is 88.7 cm³/mol. The number of hydrogen-bond donors (Lipinski definition) is 1. The minimum Gasteiger partial charge on any atom is -0.397 e. The number of amides is 1. The molecular weight excluding hydrogens is 260 g/mol. The fourth-order valence-electron chi connectivity index (χ4n) is 2.21. The third-order valence-electron chi connectivity index (χ3n) is 3.60. The highest BCUT2D eigenvalue weighted by Crippen LogP contribution is 2.25. The van der Waals surface area contributed by atoms with Crippen LogP contribution in [0.3, 0.4) is 0 Å². The van der Waals surface area contributed by atoms with Crippen molar-refractivity contribution in [2.45, 2.75) is 26.2 Å². The molecule has 0 aliphatic rings. The Bertz CT molecular complexity index is 639. The predicted octanol–water partition coefficient (Wildman–Crippen LogP) is 3.84. The zero-order valence-corrected chi connectivity index (χ0v) is 13.1. The molecule has 3 nitrogen and oxygen atoms in total. The van der Waals surface area contributed by atoms with Gasteiger partial charge in [0, 0.05) is 12.6 Å². The molecule has 0 fully saturated rings. The van der Waals surface area contributed by atoms with E-state index in [0.29, 0.717) is 11.3 Å². The summed E-state index contributed by atoms with van der Waals surface area (Å²) < 4.78 is 0. The summed E-state index contributed by atoms with van der Waals surface area (Å²) in [4.78, 5) is 14.1. The van der Waals surface area contributed by atoms with E-state index in [1.807, 2.05) is 42.5 Å². The summed E-state index contributed by atoms with van der Waals surface area (Å²) in [6, 6.07) is 15.1. The fourth-order valence-corrected chi connectivity index (χ4v) is 2.21. The molecule has 0 saturated carbocycles. The quantitative estimate of drug-likeness (QED) is 0.851. The molecule has 0 spiro atoms. The van der Waals surface area contributed by atoms with Crippen LogP contribution in [0.15, 0.2) is 48.5 Å². The SMILES string of the molecule is CN(C(=O)c1ccc(C(C)(C)C)cc1)c1ccccc1N. The van der Waals surface area contributed by atoms with Crippen molar-refractivity contribution in [1.82, 2.24) is 0 Å². The maximum Gasteiger partial charge on any atom is 0.258 e. The summed E-state index contributed by atoms with van der Waals surface area (Å²) in [7, 11) is 1.74. The van der Waals surface area contributed by atoms with Gasteiger partial charge in [0.15, 0.2) is 0 Å². The summed E-state index contributed by atoms with van der Waals surface area (Å²) in [6.45, 7) is 6.46. The van der Waals surface area contributed by atoms with Gasteiger partial charge in [-0.1, -0.05) is 45.0 Å². The minimum absolute atomic E-state index is 0.0617. The number of carbonyl (C=O) groups excluding carboxylic acids is 1. The highest BCUT2D eigenvalue weighted by Gasteiger charge is 2.17. The number of rotatable bonds is 2. The first-order chi connectivity index (χ1) is 9.80. The Labute approximate surface area is 126 Å². The molecule has 0 heterocycles. The van der Waals surface area contributed by atoms with Gasteiger partial charge in [-0.15, -0.1) is 0 Å². The maximum absolute atomic E-state index is 12.5. The molecule has 0 aliphatic heterocycles. The van der Waals surface area contributed by atoms with Crippen LogP contribution in [0.5, 0.6) is 0 Å². The second kappa shape index (κ2) is 5.60. The molecule has 2 aromatic carbocycles. The Balaban J connectivity index is 2.26. The van der Waals surface area contributed by atoms with E-state index in [0.717, 1.165) is 5.69 Å². The van der Waals surface area contributed by atoms with Crippen LogP contribution in [-0.2, 0) is 5.41 Å². The van der Waals surface area contributed by atoms with Crippen LogP contribution in [-0.4, -0.2) is 13.0 Å². The number of carbonyl (C=O) groups is 1. The molecule has 3 heteroatoms. The van der Waals surface area contributed by atoms with Crippen molar-refractivity contribution >= 4 is 17.3 Å². The molecule has 0 radical (unpaired) electrons. The number of nitrogen functional groups attached to an aromatic ring is 1. The molecule has 2 rings (SSSR count). The van der Waals surface area contributed by atoms with E-state index in [2.05, 4.69) is 20.8 Å². The Hall–Kier alpha value is -2.29. The first-order valence-corrected chi connectivity index (χ1v) is 7.04. The molecule has 1 amide bonds. The minimum atomic E-state index is -0.0617. The van der Waals surface area contributed by atoms with Gasteiger partial charge in [-0.05, 0) is 35.2 Å². The van der Waals surface area contributed by atoms with Gasteiger partial charge in [-0.25, -0.2) is 0 Å². The number of benzene rings is 2. The third-order valence-corrected chi connectivity index (χ3v) is 3.60. The van der Waals surface area contributed by atoms with Crippen LogP contribution in [0.4, 0.5) is 11.4 Å². The first-order valence-electron chi connectivity index (χ1n) is 7.04. The van der Waals surface area contributed by atoms with Gasteiger partial charge in [0.25, 0.3) is 5.91 Å². The van der Waals surface area contributed by atoms with E-state index in [9.17, 15) is 4.79 Å². The lowest BCUT2D eigenvalue weighted by molar-refractivity contribution is 0.0993. The molecule has 2 aromatic rings. The Morgan fingerprint density at radius 1 is 1.00 bits per heavy atom. The smallest absolute Gasteiger partial charge is 0.258 e. The van der Waals surface area contributed by atoms with Crippen LogP contribution in [0.2, 0.25) is 0 Å². The highest BCUT2D eigenvalue weighted by atomic mass is 16.2. The van der Waals surface area contributed by atoms with Gasteiger partial charge in [-0.2, -0.15) is 0 Å². The average molecular weight is 282 g/mol. The van der Waals surface area contributed by atoms with Crippen molar-refractivity contribution in [1.29, 1.82) is 0 Å². The third kappa shape index (κ3) is 3.24. The van der Waals surface area contributed by atoms with E-state index >= 15 is 0 Å². The van der Waals surface area contributed by atoms with Crippen LogP contribution in [0, 0.1) is 0 Å². The van der Waals surface area contributed by atoms with E-state index < -0.39 is 0 Å². The molecular formula is C18H22N2O. The lowest BCUT2D eigenvalue weighted by Gasteiger charge is -2.21. The van der Waals surface area contributed by atoms with Crippen molar-refractivity contribution in [2.24, 2.45) is 0 Å². The van der Waals surface area contributed by atoms with Crippen LogP contribution in [0.1, 0.15) is 36.7 Å². The van der Waals surface area contributed by atoms with Crippen molar-refractivity contribution in [3.05, 3.63) is 59.7 Å². The number of para-hydroxylation sites is 2. The lowest BCUT2D eigenvalue weighted by Crippen LogP contribution is -2.27. The summed E-state index contributed by atoms with van der Waals surface area (Å²) in [5, 5.41) is 0. The topological polar surface area (TPSA) is 46.3 Å². The van der Waals surface area contributed by atoms with Gasteiger partial charge in [0.1, 0.15) is 0 Å². The fraction of sp³-hybridized carbons (Fsp3) is 0.278. The number of nitrogens with two attached hydrogens (primary N) is 1. The monoisotopic (exact) mass is 282 g/mol. The molecule has 0 atom stereocenters. The van der Waals surface area contributed by atoms with Gasteiger partial charge < -0.3 is 10.6 Å². The first kappa shape index (κ1) is 15.1. The van der Waals surface area contributed by atoms with Crippen molar-refractivity contribution in [3.63, 3.8) is 0 Å². The van der Waals surface area contributed by atoms with Crippen molar-refractivity contribution in [2.75, 3.05) is 17.7 Å². The van der Waals surface area contributed by atoms with Crippen molar-refractivity contribution < 1.29 is 4.79 Å². The summed E-state index contributed by atoms with van der Waals surface area (Å²) in [5.74, 6) is -0.0617. The van der Waals surface area contributed by atoms with Gasteiger partial charge in [-0.3, -0.25) is 4.79 Å². The average Bonchev–Trinajstić information content (AvgIpc) is 2.45. The molecule has 21 heavy (non-hydrogen) atoms. The molecule has 2 N–H and O–H groups in total. The second-order valence-corrected chi connectivity index (χ2v) is 6.25. The molecule has 0 aromatic heterocycles. The highest BCUT2D eigenvalue weighted by molar-refractivity contribution is 6.07. The van der Waals surface area contributed by atoms with E-state index in [1.165, 1.54) is 5.56 Å². The Morgan fingerprint density at radius 3 is 2.10 bits per heavy atom. The van der Waals surface area contributed by atoms with E-state index in [-0.39, 0.29) is 11.3 Å². The number of hydrogen-bond acceptors (Lipinski definition) is 2. The van der Waals surface area contributed by atoms with Crippen LogP contribution < -0.4 is 10.6 Å². The van der Waals surface area contributed by atoms with E-state index in [4.69, 9.17) is 5.73 Å². The van der Waals surface area contributed by atoms with Crippen LogP contribution in [0.25, 0.3) is 0 Å². The maximum atomic E-state index is 12.5. The second-order valence-electron chi connectivity index (χ2n) is 6.25. The zero-order chi connectivity index (χ0) is 15.6. The Morgan fingerprint density at radius 2 is 1.57 bits per heavy atom. The number of anilines is 2. The summed E-state index contributed by atoms with van der Waals surface area (Å²) >= 11 is 0. The summed E-state index contributed by atoms with van der Waals surface area (Å²) in [5.41, 5.74) is 9.20. The number of nitrogens with zero attached hydrogens (tertiary/aromatic N) is 1. The lowest BCUT2D eigenvalue weighted by atomic mass is 9.86. The molecule has 110 valence electrons. The normalized spacial score (nSPS) is 11.2. The van der Waals surface area contributed by atoms with Crippen molar-refractivity contribution in [3.8, 4) is 0 Å². The summed E-state index contributed by atoms with van der Waals surface area (Å²) in [6.07, 6.45) is 0.